The van der Waals surface area contributed by atoms with E-state index in [1.165, 1.54) is 22.9 Å². The highest BCUT2D eigenvalue weighted by atomic mass is 35.5. The molecule has 14 heteroatoms. The molecule has 3 heterocycles. The van der Waals surface area contributed by atoms with E-state index in [2.05, 4.69) is 20.4 Å². The number of nitrogens with zero attached hydrogens (tertiary/aromatic N) is 6. The van der Waals surface area contributed by atoms with Crippen LogP contribution in [0, 0.1) is 11.3 Å². The van der Waals surface area contributed by atoms with Gasteiger partial charge >= 0.3 is 12.1 Å². The van der Waals surface area contributed by atoms with Gasteiger partial charge in [-0.15, -0.1) is 0 Å². The first kappa shape index (κ1) is 29.0. The fourth-order valence-electron chi connectivity index (χ4n) is 4.54. The first-order valence-corrected chi connectivity index (χ1v) is 12.7. The van der Waals surface area contributed by atoms with Crippen molar-refractivity contribution < 1.29 is 27.9 Å². The Kier molecular flexibility index (Phi) is 8.13. The van der Waals surface area contributed by atoms with Crippen molar-refractivity contribution in [3.63, 3.8) is 0 Å². The molecule has 0 fully saturated rings. The highest BCUT2D eigenvalue weighted by molar-refractivity contribution is 6.31. The zero-order valence-electron chi connectivity index (χ0n) is 21.7. The first-order chi connectivity index (χ1) is 18.8. The van der Waals surface area contributed by atoms with E-state index < -0.39 is 29.9 Å². The van der Waals surface area contributed by atoms with E-state index in [1.807, 2.05) is 13.0 Å². The molecule has 1 aliphatic rings. The molecule has 0 radical (unpaired) electrons. The molecule has 10 nitrogen and oxygen atoms in total. The second kappa shape index (κ2) is 11.2. The third-order valence-electron chi connectivity index (χ3n) is 6.78. The zero-order chi connectivity index (χ0) is 29.4. The number of nitrogens with one attached hydrogen (secondary N) is 1. The smallest absolute Gasteiger partial charge is 0.434 e. The lowest BCUT2D eigenvalue weighted by Gasteiger charge is -2.33. The number of carbonyl (C=O) groups is 2. The number of nitriles is 1. The van der Waals surface area contributed by atoms with Crippen molar-refractivity contribution in [1.29, 1.82) is 5.26 Å². The van der Waals surface area contributed by atoms with Gasteiger partial charge in [-0.2, -0.15) is 23.5 Å². The van der Waals surface area contributed by atoms with Crippen molar-refractivity contribution >= 4 is 23.5 Å². The molecular weight excluding hydrogens is 551 g/mol. The molecule has 0 aliphatic carbocycles. The van der Waals surface area contributed by atoms with E-state index >= 15 is 0 Å². The molecule has 3 aromatic rings. The standard InChI is InChI=1S/C26H25ClF3N7O3/c1-13-6-20-18(12-36(13)24(38)16-4-5-19(27)17(7-16)8-31)23(25(39)40)37(35-20)14(2)9-32-15(3)21-10-34-22(11-33-21)26(28,29)30/h4-5,7,10-11,13-15,32H,6,9,12H2,1-3H3,(H,39,40)/t13-,14-,15?/m1/s1. The van der Waals surface area contributed by atoms with Crippen molar-refractivity contribution in [3.05, 3.63) is 75.1 Å². The SMILES string of the molecule is CC(NC[C@@H](C)n1nc2c(c1C(=O)O)CN(C(=O)c1ccc(Cl)c(C#N)c1)[C@H](C)C2)c1cnc(C(F)(F)F)cn1. The average Bonchev–Trinajstić information content (AvgIpc) is 3.29. The van der Waals surface area contributed by atoms with E-state index in [1.54, 1.807) is 18.7 Å². The van der Waals surface area contributed by atoms with Crippen molar-refractivity contribution in [2.75, 3.05) is 6.54 Å². The van der Waals surface area contributed by atoms with Crippen LogP contribution in [0.5, 0.6) is 0 Å². The van der Waals surface area contributed by atoms with Crippen LogP contribution in [0.1, 0.15) is 81.9 Å². The van der Waals surface area contributed by atoms with E-state index in [4.69, 9.17) is 11.6 Å². The third kappa shape index (κ3) is 5.78. The highest BCUT2D eigenvalue weighted by Crippen LogP contribution is 2.30. The van der Waals surface area contributed by atoms with Crippen molar-refractivity contribution in [2.24, 2.45) is 0 Å². The summed E-state index contributed by atoms with van der Waals surface area (Å²) in [5.74, 6) is -1.57. The van der Waals surface area contributed by atoms with Gasteiger partial charge in [0.1, 0.15) is 6.07 Å². The molecule has 1 unspecified atom stereocenters. The number of aromatic nitrogens is 4. The van der Waals surface area contributed by atoms with Gasteiger partial charge in [-0.05, 0) is 39.0 Å². The summed E-state index contributed by atoms with van der Waals surface area (Å²) in [6.45, 7) is 5.53. The van der Waals surface area contributed by atoms with E-state index in [0.29, 0.717) is 29.6 Å². The number of alkyl halides is 3. The fraction of sp³-hybridized carbons (Fsp3) is 0.385. The summed E-state index contributed by atoms with van der Waals surface area (Å²) in [4.78, 5) is 34.5. The molecule has 0 bridgehead atoms. The molecule has 2 N–H and O–H groups in total. The monoisotopic (exact) mass is 575 g/mol. The Bertz CT molecular complexity index is 1480. The van der Waals surface area contributed by atoms with Crippen molar-refractivity contribution in [1.82, 2.24) is 30.0 Å². The topological polar surface area (TPSA) is 137 Å². The number of hydrogen-bond donors (Lipinski definition) is 2. The molecule has 0 spiro atoms. The second-order valence-corrected chi connectivity index (χ2v) is 10.0. The maximum absolute atomic E-state index is 13.3. The van der Waals surface area contributed by atoms with Gasteiger partial charge in [0, 0.05) is 36.2 Å². The summed E-state index contributed by atoms with van der Waals surface area (Å²) in [6.07, 6.45) is -2.55. The fourth-order valence-corrected chi connectivity index (χ4v) is 4.70. The normalized spacial score (nSPS) is 16.6. The van der Waals surface area contributed by atoms with Crippen LogP contribution in [0.15, 0.2) is 30.6 Å². The maximum atomic E-state index is 13.3. The number of benzene rings is 1. The van der Waals surface area contributed by atoms with Crippen molar-refractivity contribution in [2.45, 2.75) is 58.0 Å². The van der Waals surface area contributed by atoms with Crippen molar-refractivity contribution in [3.8, 4) is 6.07 Å². The Morgan fingerprint density at radius 3 is 2.60 bits per heavy atom. The minimum atomic E-state index is -4.59. The number of aromatic carboxylic acids is 1. The summed E-state index contributed by atoms with van der Waals surface area (Å²) in [5.41, 5.74) is 0.563. The number of hydrogen-bond acceptors (Lipinski definition) is 7. The number of fused-ring (bicyclic) bond motifs is 1. The zero-order valence-corrected chi connectivity index (χ0v) is 22.5. The summed E-state index contributed by atoms with van der Waals surface area (Å²) >= 11 is 6.00. The minimum absolute atomic E-state index is 0.0131. The van der Waals surface area contributed by atoms with Crippen LogP contribution in [0.25, 0.3) is 0 Å². The predicted octanol–water partition coefficient (Wildman–Crippen LogP) is 4.41. The minimum Gasteiger partial charge on any atom is -0.477 e. The Hall–Kier alpha value is -4.02. The van der Waals surface area contributed by atoms with Gasteiger partial charge in [0.2, 0.25) is 0 Å². The van der Waals surface area contributed by atoms with E-state index in [0.717, 1.165) is 6.20 Å². The average molecular weight is 576 g/mol. The molecule has 0 saturated carbocycles. The summed E-state index contributed by atoms with van der Waals surface area (Å²) in [6, 6.07) is 5.12. The summed E-state index contributed by atoms with van der Waals surface area (Å²) in [5, 5.41) is 27.3. The van der Waals surface area contributed by atoms with Gasteiger partial charge in [-0.25, -0.2) is 9.78 Å². The lowest BCUT2D eigenvalue weighted by Crippen LogP contribution is -2.42. The van der Waals surface area contributed by atoms with Crippen LogP contribution in [0.2, 0.25) is 5.02 Å². The molecule has 1 aliphatic heterocycles. The third-order valence-corrected chi connectivity index (χ3v) is 7.11. The summed E-state index contributed by atoms with van der Waals surface area (Å²) in [7, 11) is 0. The first-order valence-electron chi connectivity index (χ1n) is 12.3. The van der Waals surface area contributed by atoms with E-state index in [-0.39, 0.29) is 46.9 Å². The number of carbonyl (C=O) groups excluding carboxylic acids is 1. The summed E-state index contributed by atoms with van der Waals surface area (Å²) < 4.78 is 39.7. The molecule has 1 amide bonds. The number of carboxylic acid groups (broad SMARTS) is 1. The Balaban J connectivity index is 1.53. The number of amides is 1. The van der Waals surface area contributed by atoms with Gasteiger partial charge in [-0.1, -0.05) is 11.6 Å². The Morgan fingerprint density at radius 2 is 2.00 bits per heavy atom. The molecule has 2 aromatic heterocycles. The lowest BCUT2D eigenvalue weighted by molar-refractivity contribution is -0.141. The van der Waals surface area contributed by atoms with Crippen LogP contribution >= 0.6 is 11.6 Å². The Morgan fingerprint density at radius 1 is 1.27 bits per heavy atom. The molecule has 40 heavy (non-hydrogen) atoms. The molecule has 210 valence electrons. The van der Waals surface area contributed by atoms with E-state index in [9.17, 15) is 33.1 Å². The van der Waals surface area contributed by atoms with Gasteiger partial charge in [0.25, 0.3) is 5.91 Å². The van der Waals surface area contributed by atoms with Crippen LogP contribution in [-0.4, -0.2) is 54.2 Å². The highest BCUT2D eigenvalue weighted by Gasteiger charge is 2.36. The predicted molar refractivity (Wildman–Crippen MR) is 137 cm³/mol. The number of carboxylic acids is 1. The number of rotatable bonds is 7. The van der Waals surface area contributed by atoms with Gasteiger partial charge < -0.3 is 15.3 Å². The molecule has 4 rings (SSSR count). The van der Waals surface area contributed by atoms with Gasteiger partial charge in [0.05, 0.1) is 47.0 Å². The molecule has 3 atom stereocenters. The van der Waals surface area contributed by atoms with Crippen LogP contribution in [0.3, 0.4) is 0 Å². The molecular formula is C26H25ClF3N7O3. The quantitative estimate of drug-likeness (QED) is 0.422. The van der Waals surface area contributed by atoms with Crippen LogP contribution in [0.4, 0.5) is 13.2 Å². The molecule has 1 aromatic carbocycles. The second-order valence-electron chi connectivity index (χ2n) is 9.62. The largest absolute Gasteiger partial charge is 0.477 e. The van der Waals surface area contributed by atoms with Gasteiger partial charge in [0.15, 0.2) is 11.4 Å². The number of halogens is 4. The maximum Gasteiger partial charge on any atom is 0.434 e. The lowest BCUT2D eigenvalue weighted by atomic mass is 9.98. The van der Waals surface area contributed by atoms with Gasteiger partial charge in [-0.3, -0.25) is 14.5 Å². The Labute approximate surface area is 232 Å². The van der Waals surface area contributed by atoms with Crippen LogP contribution < -0.4 is 5.32 Å². The molecule has 0 saturated heterocycles. The van der Waals surface area contributed by atoms with Crippen LogP contribution in [-0.2, 0) is 19.1 Å².